The number of ether oxygens (including phenoxy) is 2. The largest absolute Gasteiger partial charge is 0.480 e. The van der Waals surface area contributed by atoms with E-state index in [1.807, 2.05) is 48.5 Å². The molecule has 3 N–H and O–H groups in total. The van der Waals surface area contributed by atoms with E-state index in [0.29, 0.717) is 5.01 Å². The Kier molecular flexibility index (Phi) is 6.51. The average molecular weight is 467 g/mol. The van der Waals surface area contributed by atoms with Crippen LogP contribution in [0.15, 0.2) is 48.5 Å². The lowest BCUT2D eigenvalue weighted by Crippen LogP contribution is -2.59. The second-order valence-corrected chi connectivity index (χ2v) is 8.19. The fraction of sp³-hybridized carbons (Fsp3) is 0.333. The Balaban J connectivity index is 1.47. The number of rotatable bonds is 7. The number of aliphatic carboxylic acids is 1. The van der Waals surface area contributed by atoms with E-state index in [1.54, 1.807) is 6.92 Å². The van der Waals surface area contributed by atoms with E-state index in [2.05, 4.69) is 10.7 Å². The predicted octanol–water partition coefficient (Wildman–Crippen LogP) is 1.65. The molecule has 1 aliphatic carbocycles. The molecule has 2 aromatic rings. The third-order valence-electron chi connectivity index (χ3n) is 6.18. The van der Waals surface area contributed by atoms with Crippen LogP contribution in [0.2, 0.25) is 0 Å². The highest BCUT2D eigenvalue weighted by Crippen LogP contribution is 2.44. The Morgan fingerprint density at radius 1 is 1.12 bits per heavy atom. The van der Waals surface area contributed by atoms with Crippen molar-refractivity contribution in [2.75, 3.05) is 13.7 Å². The maximum atomic E-state index is 13.0. The summed E-state index contributed by atoms with van der Waals surface area (Å²) in [5.41, 5.74) is 6.48. The quantitative estimate of drug-likeness (QED) is 0.564. The van der Waals surface area contributed by atoms with Crippen molar-refractivity contribution < 1.29 is 33.8 Å². The van der Waals surface area contributed by atoms with Gasteiger partial charge in [-0.15, -0.1) is 0 Å². The van der Waals surface area contributed by atoms with Crippen molar-refractivity contribution in [2.24, 2.45) is 0 Å². The topological polar surface area (TPSA) is 134 Å². The summed E-state index contributed by atoms with van der Waals surface area (Å²) in [4.78, 5) is 48.9. The van der Waals surface area contributed by atoms with Gasteiger partial charge in [0.25, 0.3) is 5.91 Å². The number of hydrogen-bond acceptors (Lipinski definition) is 6. The van der Waals surface area contributed by atoms with Crippen molar-refractivity contribution in [1.82, 2.24) is 15.8 Å². The maximum absolute atomic E-state index is 13.0. The number of nitrogens with one attached hydrogen (secondary N) is 2. The van der Waals surface area contributed by atoms with Crippen LogP contribution in [0.4, 0.5) is 4.79 Å². The second kappa shape index (κ2) is 9.52. The van der Waals surface area contributed by atoms with Gasteiger partial charge in [-0.3, -0.25) is 15.0 Å². The highest BCUT2D eigenvalue weighted by atomic mass is 16.5. The van der Waals surface area contributed by atoms with Crippen LogP contribution in [0.5, 0.6) is 0 Å². The molecule has 2 aromatic carbocycles. The number of nitrogens with zero attached hydrogens (tertiary/aromatic N) is 1. The molecule has 4 rings (SSSR count). The van der Waals surface area contributed by atoms with Gasteiger partial charge >= 0.3 is 12.1 Å². The Labute approximate surface area is 195 Å². The van der Waals surface area contributed by atoms with Crippen molar-refractivity contribution in [1.29, 1.82) is 0 Å². The lowest BCUT2D eigenvalue weighted by Gasteiger charge is -2.29. The number of hydrazine groups is 1. The number of alkyl carbamates (subject to hydrolysis) is 1. The zero-order valence-corrected chi connectivity index (χ0v) is 18.7. The maximum Gasteiger partial charge on any atom is 0.407 e. The molecular weight excluding hydrogens is 442 g/mol. The van der Waals surface area contributed by atoms with Crippen molar-refractivity contribution in [3.05, 3.63) is 59.7 Å². The molecule has 0 spiro atoms. The number of amides is 3. The van der Waals surface area contributed by atoms with Crippen LogP contribution in [0.1, 0.15) is 30.4 Å². The van der Waals surface area contributed by atoms with E-state index in [1.165, 1.54) is 7.11 Å². The second-order valence-electron chi connectivity index (χ2n) is 8.19. The number of carbonyl (C=O) groups is 4. The summed E-state index contributed by atoms with van der Waals surface area (Å²) in [5, 5.41) is 12.5. The molecule has 1 fully saturated rings. The summed E-state index contributed by atoms with van der Waals surface area (Å²) in [5.74, 6) is -2.93. The summed E-state index contributed by atoms with van der Waals surface area (Å²) in [7, 11) is 1.35. The lowest BCUT2D eigenvalue weighted by atomic mass is 9.98. The lowest BCUT2D eigenvalue weighted by molar-refractivity contribution is -0.153. The summed E-state index contributed by atoms with van der Waals surface area (Å²) in [6, 6.07) is 13.1. The summed E-state index contributed by atoms with van der Waals surface area (Å²) >= 11 is 0. The van der Waals surface area contributed by atoms with Crippen molar-refractivity contribution in [2.45, 2.75) is 37.5 Å². The van der Waals surface area contributed by atoms with Gasteiger partial charge in [-0.05, 0) is 29.2 Å². The normalized spacial score (nSPS) is 18.5. The van der Waals surface area contributed by atoms with E-state index in [4.69, 9.17) is 9.47 Å². The number of fused-ring (bicyclic) bond motifs is 3. The first-order valence-corrected chi connectivity index (χ1v) is 10.8. The molecule has 0 bridgehead atoms. The number of carboxylic acids is 1. The fourth-order valence-electron chi connectivity index (χ4n) is 4.36. The molecular formula is C24H25N3O7. The van der Waals surface area contributed by atoms with E-state index in [-0.39, 0.29) is 18.9 Å². The number of benzene rings is 2. The summed E-state index contributed by atoms with van der Waals surface area (Å²) in [6.07, 6.45) is -2.05. The molecule has 34 heavy (non-hydrogen) atoms. The Hall–Kier alpha value is -3.92. The first-order valence-electron chi connectivity index (χ1n) is 10.8. The first kappa shape index (κ1) is 23.2. The van der Waals surface area contributed by atoms with Gasteiger partial charge in [-0.1, -0.05) is 48.5 Å². The minimum Gasteiger partial charge on any atom is -0.480 e. The smallest absolute Gasteiger partial charge is 0.407 e. The molecule has 3 amide bonds. The average Bonchev–Trinajstić information content (AvgIpc) is 3.38. The van der Waals surface area contributed by atoms with Gasteiger partial charge in [0.15, 0.2) is 6.04 Å². The predicted molar refractivity (Wildman–Crippen MR) is 119 cm³/mol. The number of carbonyl (C=O) groups excluding carboxylic acids is 3. The minimum absolute atomic E-state index is 0.0420. The van der Waals surface area contributed by atoms with E-state index in [0.717, 1.165) is 22.3 Å². The van der Waals surface area contributed by atoms with Crippen LogP contribution in [0.3, 0.4) is 0 Å². The third kappa shape index (κ3) is 4.32. The van der Waals surface area contributed by atoms with Crippen LogP contribution in [-0.4, -0.2) is 65.9 Å². The van der Waals surface area contributed by atoms with Gasteiger partial charge in [-0.2, -0.15) is 0 Å². The third-order valence-corrected chi connectivity index (χ3v) is 6.18. The molecule has 0 radical (unpaired) electrons. The van der Waals surface area contributed by atoms with Crippen molar-refractivity contribution in [3.63, 3.8) is 0 Å². The fourth-order valence-corrected chi connectivity index (χ4v) is 4.36. The first-order chi connectivity index (χ1) is 16.3. The van der Waals surface area contributed by atoms with Crippen molar-refractivity contribution >= 4 is 23.9 Å². The van der Waals surface area contributed by atoms with Crippen LogP contribution in [0, 0.1) is 0 Å². The molecule has 3 atom stereocenters. The number of hydrogen-bond donors (Lipinski definition) is 3. The Morgan fingerprint density at radius 3 is 2.26 bits per heavy atom. The summed E-state index contributed by atoms with van der Waals surface area (Å²) in [6.45, 7) is 1.58. The van der Waals surface area contributed by atoms with Crippen LogP contribution < -0.4 is 10.7 Å². The van der Waals surface area contributed by atoms with Crippen LogP contribution in [0.25, 0.3) is 11.1 Å². The minimum atomic E-state index is -1.38. The van der Waals surface area contributed by atoms with E-state index >= 15 is 0 Å². The van der Waals surface area contributed by atoms with Crippen molar-refractivity contribution in [3.8, 4) is 11.1 Å². The molecule has 2 aliphatic rings. The Morgan fingerprint density at radius 2 is 1.71 bits per heavy atom. The van der Waals surface area contributed by atoms with Gasteiger partial charge in [0.2, 0.25) is 5.91 Å². The zero-order valence-electron chi connectivity index (χ0n) is 18.7. The van der Waals surface area contributed by atoms with Gasteiger partial charge < -0.3 is 19.9 Å². The molecule has 1 aliphatic heterocycles. The zero-order chi connectivity index (χ0) is 24.4. The SMILES string of the molecule is CO[C@H](C)[C@H](NC(=O)OCC1c2ccccc2-c2ccccc21)C(=O)N1NC(=O)CC1C(=O)O. The molecule has 10 nitrogen and oxygen atoms in total. The molecule has 0 aromatic heterocycles. The highest BCUT2D eigenvalue weighted by Gasteiger charge is 2.43. The standard InChI is InChI=1S/C24H25N3O7/c1-13(33-2)21(22(29)27-19(23(30)31)11-20(28)26-27)25-24(32)34-12-18-16-9-5-3-7-14(16)15-8-4-6-10-17(15)18/h3-10,13,18-19,21H,11-12H2,1-2H3,(H,25,32)(H,26,28)(H,30,31)/t13-,19?,21+/m1/s1. The molecule has 0 saturated carbocycles. The monoisotopic (exact) mass is 467 g/mol. The van der Waals surface area contributed by atoms with Gasteiger partial charge in [0.1, 0.15) is 12.6 Å². The number of carboxylic acid groups (broad SMARTS) is 1. The molecule has 178 valence electrons. The van der Waals surface area contributed by atoms with Crippen LogP contribution >= 0.6 is 0 Å². The van der Waals surface area contributed by atoms with Gasteiger partial charge in [0.05, 0.1) is 12.5 Å². The van der Waals surface area contributed by atoms with Crippen LogP contribution in [-0.2, 0) is 23.9 Å². The van der Waals surface area contributed by atoms with Gasteiger partial charge in [0, 0.05) is 13.0 Å². The Bertz CT molecular complexity index is 1090. The van der Waals surface area contributed by atoms with E-state index in [9.17, 15) is 24.3 Å². The molecule has 1 saturated heterocycles. The molecule has 1 heterocycles. The summed E-state index contributed by atoms with van der Waals surface area (Å²) < 4.78 is 10.7. The molecule has 10 heteroatoms. The number of methoxy groups -OCH3 is 1. The van der Waals surface area contributed by atoms with E-state index < -0.39 is 42.1 Å². The highest BCUT2D eigenvalue weighted by molar-refractivity contribution is 5.96. The van der Waals surface area contributed by atoms with Gasteiger partial charge in [-0.25, -0.2) is 14.6 Å². The molecule has 1 unspecified atom stereocenters.